The molecule has 0 aromatic heterocycles. The molecular formula is C20H32O3. The second-order valence-corrected chi connectivity index (χ2v) is 6.58. The SMILES string of the molecule is C=C(/C(C)=C(O)\C(=C\C)CCCCC)C1C=C(C)C(O)(O)CC1. The minimum atomic E-state index is -1.70. The van der Waals surface area contributed by atoms with Gasteiger partial charge in [-0.1, -0.05) is 38.5 Å². The van der Waals surface area contributed by atoms with Crippen LogP contribution in [-0.4, -0.2) is 21.1 Å². The van der Waals surface area contributed by atoms with Crippen molar-refractivity contribution in [3.05, 3.63) is 46.8 Å². The van der Waals surface area contributed by atoms with Crippen LogP contribution in [0.4, 0.5) is 0 Å². The highest BCUT2D eigenvalue weighted by Gasteiger charge is 2.32. The quantitative estimate of drug-likeness (QED) is 0.205. The summed E-state index contributed by atoms with van der Waals surface area (Å²) in [6.07, 6.45) is 8.99. The van der Waals surface area contributed by atoms with Crippen LogP contribution >= 0.6 is 0 Å². The van der Waals surface area contributed by atoms with Crippen molar-refractivity contribution in [1.29, 1.82) is 0 Å². The third kappa shape index (κ3) is 5.08. The van der Waals surface area contributed by atoms with Crippen LogP contribution in [0.2, 0.25) is 0 Å². The molecule has 0 amide bonds. The van der Waals surface area contributed by atoms with Crippen LogP contribution in [0.25, 0.3) is 0 Å². The van der Waals surface area contributed by atoms with Crippen LogP contribution in [0.5, 0.6) is 0 Å². The third-order valence-electron chi connectivity index (χ3n) is 4.87. The summed E-state index contributed by atoms with van der Waals surface area (Å²) in [4.78, 5) is 0. The van der Waals surface area contributed by atoms with Crippen LogP contribution in [0.15, 0.2) is 46.8 Å². The van der Waals surface area contributed by atoms with Gasteiger partial charge < -0.3 is 15.3 Å². The van der Waals surface area contributed by atoms with Crippen LogP contribution in [-0.2, 0) is 0 Å². The molecule has 23 heavy (non-hydrogen) atoms. The van der Waals surface area contributed by atoms with E-state index < -0.39 is 5.79 Å². The van der Waals surface area contributed by atoms with E-state index in [2.05, 4.69) is 13.5 Å². The van der Waals surface area contributed by atoms with Gasteiger partial charge in [0.25, 0.3) is 0 Å². The Balaban J connectivity index is 2.91. The Morgan fingerprint density at radius 2 is 2.04 bits per heavy atom. The molecule has 0 fully saturated rings. The van der Waals surface area contributed by atoms with Crippen molar-refractivity contribution in [1.82, 2.24) is 0 Å². The molecule has 0 bridgehead atoms. The standard InChI is InChI=1S/C20H32O3/c1-6-8-9-10-17(7-2)19(21)16(5)15(4)18-11-12-20(22,23)14(3)13-18/h7,13,18,21-23H,4,6,8-12H2,1-3,5H3/b17-7+,19-16+. The van der Waals surface area contributed by atoms with Crippen LogP contribution in [0, 0.1) is 5.92 Å². The molecule has 1 atom stereocenters. The van der Waals surface area contributed by atoms with E-state index in [1.807, 2.05) is 26.0 Å². The smallest absolute Gasteiger partial charge is 0.185 e. The zero-order valence-electron chi connectivity index (χ0n) is 15.0. The molecule has 0 saturated heterocycles. The highest BCUT2D eigenvalue weighted by atomic mass is 16.5. The lowest BCUT2D eigenvalue weighted by atomic mass is 9.80. The van der Waals surface area contributed by atoms with Crippen LogP contribution in [0.3, 0.4) is 0 Å². The lowest BCUT2D eigenvalue weighted by Gasteiger charge is -2.32. The maximum absolute atomic E-state index is 10.6. The first-order valence-corrected chi connectivity index (χ1v) is 8.62. The summed E-state index contributed by atoms with van der Waals surface area (Å²) in [5, 5.41) is 30.2. The number of rotatable bonds is 7. The molecule has 3 heteroatoms. The summed E-state index contributed by atoms with van der Waals surface area (Å²) < 4.78 is 0. The molecule has 130 valence electrons. The van der Waals surface area contributed by atoms with E-state index >= 15 is 0 Å². The molecule has 3 N–H and O–H groups in total. The van der Waals surface area contributed by atoms with E-state index in [4.69, 9.17) is 0 Å². The summed E-state index contributed by atoms with van der Waals surface area (Å²) in [5.41, 5.74) is 3.17. The van der Waals surface area contributed by atoms with Crippen molar-refractivity contribution < 1.29 is 15.3 Å². The predicted octanol–water partition coefficient (Wildman–Crippen LogP) is 4.94. The summed E-state index contributed by atoms with van der Waals surface area (Å²) in [7, 11) is 0. The predicted molar refractivity (Wildman–Crippen MR) is 96.0 cm³/mol. The topological polar surface area (TPSA) is 60.7 Å². The van der Waals surface area contributed by atoms with Gasteiger partial charge >= 0.3 is 0 Å². The highest BCUT2D eigenvalue weighted by Crippen LogP contribution is 2.36. The van der Waals surface area contributed by atoms with Crippen molar-refractivity contribution in [2.24, 2.45) is 5.92 Å². The molecule has 0 aliphatic heterocycles. The fourth-order valence-electron chi connectivity index (χ4n) is 2.98. The molecule has 0 radical (unpaired) electrons. The van der Waals surface area contributed by atoms with Gasteiger partial charge in [0.1, 0.15) is 5.76 Å². The number of unbranched alkanes of at least 4 members (excludes halogenated alkanes) is 2. The van der Waals surface area contributed by atoms with E-state index in [9.17, 15) is 15.3 Å². The summed E-state index contributed by atoms with van der Waals surface area (Å²) in [6, 6.07) is 0. The number of aliphatic hydroxyl groups excluding tert-OH is 1. The van der Waals surface area contributed by atoms with Gasteiger partial charge in [-0.15, -0.1) is 0 Å². The Morgan fingerprint density at radius 3 is 2.57 bits per heavy atom. The van der Waals surface area contributed by atoms with E-state index in [0.717, 1.165) is 42.4 Å². The molecule has 0 heterocycles. The highest BCUT2D eigenvalue weighted by molar-refractivity contribution is 5.42. The van der Waals surface area contributed by atoms with E-state index in [0.29, 0.717) is 24.2 Å². The van der Waals surface area contributed by atoms with Crippen molar-refractivity contribution in [3.63, 3.8) is 0 Å². The zero-order chi connectivity index (χ0) is 17.6. The fourth-order valence-corrected chi connectivity index (χ4v) is 2.98. The first-order valence-electron chi connectivity index (χ1n) is 8.62. The zero-order valence-corrected chi connectivity index (χ0v) is 15.0. The molecule has 0 saturated carbocycles. The van der Waals surface area contributed by atoms with E-state index in [-0.39, 0.29) is 5.92 Å². The molecule has 1 aliphatic rings. The average molecular weight is 320 g/mol. The molecular weight excluding hydrogens is 288 g/mol. The second kappa shape index (κ2) is 8.51. The van der Waals surface area contributed by atoms with Crippen LogP contribution < -0.4 is 0 Å². The Morgan fingerprint density at radius 1 is 1.39 bits per heavy atom. The van der Waals surface area contributed by atoms with Gasteiger partial charge in [-0.3, -0.25) is 0 Å². The van der Waals surface area contributed by atoms with Crippen molar-refractivity contribution in [3.8, 4) is 0 Å². The monoisotopic (exact) mass is 320 g/mol. The number of hydrogen-bond acceptors (Lipinski definition) is 3. The minimum Gasteiger partial charge on any atom is -0.507 e. The van der Waals surface area contributed by atoms with Gasteiger partial charge in [0.05, 0.1) is 0 Å². The van der Waals surface area contributed by atoms with Gasteiger partial charge in [0.15, 0.2) is 5.79 Å². The molecule has 1 unspecified atom stereocenters. The second-order valence-electron chi connectivity index (χ2n) is 6.58. The van der Waals surface area contributed by atoms with Crippen molar-refractivity contribution in [2.75, 3.05) is 0 Å². The summed E-state index contributed by atoms with van der Waals surface area (Å²) >= 11 is 0. The Hall–Kier alpha value is -1.32. The van der Waals surface area contributed by atoms with E-state index in [1.165, 1.54) is 0 Å². The molecule has 1 aliphatic carbocycles. The summed E-state index contributed by atoms with van der Waals surface area (Å²) in [6.45, 7) is 11.9. The van der Waals surface area contributed by atoms with Crippen LogP contribution in [0.1, 0.15) is 66.2 Å². The third-order valence-corrected chi connectivity index (χ3v) is 4.87. The normalized spacial score (nSPS) is 22.4. The van der Waals surface area contributed by atoms with Gasteiger partial charge in [-0.25, -0.2) is 0 Å². The molecule has 0 aromatic rings. The van der Waals surface area contributed by atoms with Gasteiger partial charge in [0, 0.05) is 12.3 Å². The molecule has 1 rings (SSSR count). The number of hydrogen-bond donors (Lipinski definition) is 3. The fraction of sp³-hybridized carbons (Fsp3) is 0.600. The average Bonchev–Trinajstić information content (AvgIpc) is 2.52. The van der Waals surface area contributed by atoms with Crippen molar-refractivity contribution in [2.45, 2.75) is 72.0 Å². The maximum atomic E-state index is 10.6. The number of allylic oxidation sites excluding steroid dienone is 5. The Bertz CT molecular complexity index is 521. The molecule has 0 spiro atoms. The van der Waals surface area contributed by atoms with Gasteiger partial charge in [0.2, 0.25) is 0 Å². The molecule has 0 aromatic carbocycles. The first kappa shape index (κ1) is 19.7. The maximum Gasteiger partial charge on any atom is 0.185 e. The lowest BCUT2D eigenvalue weighted by Crippen LogP contribution is -2.34. The summed E-state index contributed by atoms with van der Waals surface area (Å²) in [5.74, 6) is -1.34. The first-order chi connectivity index (χ1) is 10.7. The Labute approximate surface area is 140 Å². The Kier molecular flexibility index (Phi) is 7.30. The largest absolute Gasteiger partial charge is 0.507 e. The lowest BCUT2D eigenvalue weighted by molar-refractivity contribution is -0.138. The van der Waals surface area contributed by atoms with Gasteiger partial charge in [-0.2, -0.15) is 0 Å². The minimum absolute atomic E-state index is 0.0401. The van der Waals surface area contributed by atoms with Crippen molar-refractivity contribution >= 4 is 0 Å². The number of aliphatic hydroxyl groups is 3. The van der Waals surface area contributed by atoms with Gasteiger partial charge in [-0.05, 0) is 62.3 Å². The molecule has 3 nitrogen and oxygen atoms in total. The van der Waals surface area contributed by atoms with E-state index in [1.54, 1.807) is 6.92 Å².